The lowest BCUT2D eigenvalue weighted by Crippen LogP contribution is -2.44. The van der Waals surface area contributed by atoms with E-state index < -0.39 is 29.1 Å². The third-order valence-corrected chi connectivity index (χ3v) is 6.89. The van der Waals surface area contributed by atoms with Crippen LogP contribution in [-0.4, -0.2) is 26.8 Å². The van der Waals surface area contributed by atoms with Crippen molar-refractivity contribution in [1.82, 2.24) is 9.66 Å². The zero-order chi connectivity index (χ0) is 27.4. The largest absolute Gasteiger partial charge is 0.481 e. The first-order valence-corrected chi connectivity index (χ1v) is 12.8. The summed E-state index contributed by atoms with van der Waals surface area (Å²) in [6, 6.07) is 34.4. The third kappa shape index (κ3) is 5.04. The van der Waals surface area contributed by atoms with Gasteiger partial charge in [0.2, 0.25) is 0 Å². The van der Waals surface area contributed by atoms with Crippen LogP contribution in [-0.2, 0) is 10.4 Å². The maximum Gasteiger partial charge on any atom is 0.280 e. The van der Waals surface area contributed by atoms with Gasteiger partial charge in [0.15, 0.2) is 6.10 Å². The topological polar surface area (TPSA) is 93.4 Å². The van der Waals surface area contributed by atoms with Crippen molar-refractivity contribution in [3.05, 3.63) is 143 Å². The van der Waals surface area contributed by atoms with Crippen molar-refractivity contribution in [1.29, 1.82) is 0 Å². The number of ether oxygens (including phenoxy) is 1. The van der Waals surface area contributed by atoms with E-state index in [-0.39, 0.29) is 5.82 Å². The number of carbonyl (C=O) groups is 1. The normalized spacial score (nSPS) is 13.0. The van der Waals surface area contributed by atoms with E-state index in [1.807, 2.05) is 78.9 Å². The molecule has 5 aromatic rings. The predicted molar refractivity (Wildman–Crippen MR) is 151 cm³/mol. The smallest absolute Gasteiger partial charge is 0.280 e. The quantitative estimate of drug-likeness (QED) is 0.302. The maximum absolute atomic E-state index is 13.8. The van der Waals surface area contributed by atoms with E-state index in [0.717, 1.165) is 4.68 Å². The standard InChI is InChI=1S/C32H29N3O4/c1-22(32(38,24-14-6-3-7-15-24)25-16-8-4-9-17-25)29-33-28-21-13-12-20-27(28)31(37)35(29)34-30(36)23(2)39-26-18-10-5-11-19-26/h3-23,38H,1-2H3,(H,34,36)/t22-,23+/m0/s1. The van der Waals surface area contributed by atoms with Crippen molar-refractivity contribution < 1.29 is 14.6 Å². The first kappa shape index (κ1) is 25.9. The fourth-order valence-electron chi connectivity index (χ4n) is 4.74. The molecule has 0 saturated heterocycles. The van der Waals surface area contributed by atoms with Crippen LogP contribution < -0.4 is 15.7 Å². The summed E-state index contributed by atoms with van der Waals surface area (Å²) in [5.41, 5.74) is 2.42. The van der Waals surface area contributed by atoms with Gasteiger partial charge in [-0.05, 0) is 42.3 Å². The Morgan fingerprint density at radius 1 is 0.821 bits per heavy atom. The van der Waals surface area contributed by atoms with Crippen LogP contribution in [0.5, 0.6) is 5.75 Å². The first-order valence-electron chi connectivity index (χ1n) is 12.8. The summed E-state index contributed by atoms with van der Waals surface area (Å²) >= 11 is 0. The highest BCUT2D eigenvalue weighted by Crippen LogP contribution is 2.41. The minimum atomic E-state index is -1.57. The second-order valence-corrected chi connectivity index (χ2v) is 9.40. The fourth-order valence-corrected chi connectivity index (χ4v) is 4.74. The molecular weight excluding hydrogens is 490 g/mol. The van der Waals surface area contributed by atoms with Crippen LogP contribution in [0.2, 0.25) is 0 Å². The Kier molecular flexibility index (Phi) is 7.25. The van der Waals surface area contributed by atoms with Crippen LogP contribution in [0.15, 0.2) is 120 Å². The maximum atomic E-state index is 13.8. The minimum absolute atomic E-state index is 0.203. The molecule has 1 heterocycles. The highest BCUT2D eigenvalue weighted by atomic mass is 16.5. The van der Waals surface area contributed by atoms with Crippen LogP contribution in [0.4, 0.5) is 0 Å². The van der Waals surface area contributed by atoms with Crippen LogP contribution >= 0.6 is 0 Å². The van der Waals surface area contributed by atoms with E-state index in [4.69, 9.17) is 9.72 Å². The first-order chi connectivity index (χ1) is 18.9. The number of nitrogens with zero attached hydrogens (tertiary/aromatic N) is 2. The highest BCUT2D eigenvalue weighted by molar-refractivity contribution is 5.88. The van der Waals surface area contributed by atoms with E-state index in [9.17, 15) is 14.7 Å². The Hall–Kier alpha value is -4.75. The molecule has 0 aliphatic rings. The van der Waals surface area contributed by atoms with E-state index in [1.54, 1.807) is 50.2 Å². The summed E-state index contributed by atoms with van der Waals surface area (Å²) in [4.78, 5) is 31.8. The molecule has 7 nitrogen and oxygen atoms in total. The van der Waals surface area contributed by atoms with Crippen LogP contribution in [0.1, 0.15) is 36.7 Å². The van der Waals surface area contributed by atoms with Gasteiger partial charge in [-0.1, -0.05) is 97.9 Å². The van der Waals surface area contributed by atoms with Gasteiger partial charge in [0.25, 0.3) is 11.5 Å². The molecule has 1 aromatic heterocycles. The summed E-state index contributed by atoms with van der Waals surface area (Å²) in [5.74, 6) is -0.561. The Labute approximate surface area is 226 Å². The molecule has 5 rings (SSSR count). The molecule has 0 spiro atoms. The van der Waals surface area contributed by atoms with E-state index >= 15 is 0 Å². The van der Waals surface area contributed by atoms with Gasteiger partial charge in [-0.2, -0.15) is 0 Å². The van der Waals surface area contributed by atoms with Gasteiger partial charge in [-0.25, -0.2) is 9.66 Å². The van der Waals surface area contributed by atoms with Crippen molar-refractivity contribution in [3.8, 4) is 5.75 Å². The molecule has 0 bridgehead atoms. The van der Waals surface area contributed by atoms with Crippen molar-refractivity contribution in [2.45, 2.75) is 31.5 Å². The van der Waals surface area contributed by atoms with Gasteiger partial charge < -0.3 is 9.84 Å². The zero-order valence-corrected chi connectivity index (χ0v) is 21.7. The number of para-hydroxylation sites is 2. The lowest BCUT2D eigenvalue weighted by atomic mass is 9.76. The number of aliphatic hydroxyl groups is 1. The number of carbonyl (C=O) groups excluding carboxylic acids is 1. The van der Waals surface area contributed by atoms with Crippen LogP contribution in [0, 0.1) is 0 Å². The number of hydrogen-bond acceptors (Lipinski definition) is 5. The molecule has 7 heteroatoms. The lowest BCUT2D eigenvalue weighted by molar-refractivity contribution is -0.123. The van der Waals surface area contributed by atoms with Gasteiger partial charge >= 0.3 is 0 Å². The van der Waals surface area contributed by atoms with Gasteiger partial charge in [0.1, 0.15) is 17.2 Å². The third-order valence-electron chi connectivity index (χ3n) is 6.89. The number of rotatable bonds is 8. The number of amides is 1. The monoisotopic (exact) mass is 519 g/mol. The van der Waals surface area contributed by atoms with E-state index in [1.165, 1.54) is 0 Å². The molecule has 1 amide bonds. The Morgan fingerprint density at radius 3 is 1.92 bits per heavy atom. The van der Waals surface area contributed by atoms with E-state index in [0.29, 0.717) is 27.8 Å². The van der Waals surface area contributed by atoms with Gasteiger partial charge in [-0.3, -0.25) is 15.0 Å². The second-order valence-electron chi connectivity index (χ2n) is 9.40. The van der Waals surface area contributed by atoms with Crippen molar-refractivity contribution >= 4 is 16.8 Å². The summed E-state index contributed by atoms with van der Waals surface area (Å²) in [7, 11) is 0. The average Bonchev–Trinajstić information content (AvgIpc) is 2.99. The molecule has 0 saturated carbocycles. The van der Waals surface area contributed by atoms with Gasteiger partial charge in [0, 0.05) is 0 Å². The molecule has 2 N–H and O–H groups in total. The summed E-state index contributed by atoms with van der Waals surface area (Å²) in [6.45, 7) is 3.40. The molecule has 2 atom stereocenters. The molecule has 0 aliphatic heterocycles. The number of nitrogens with one attached hydrogen (secondary N) is 1. The van der Waals surface area contributed by atoms with Gasteiger partial charge in [-0.15, -0.1) is 0 Å². The Balaban J connectivity index is 1.63. The average molecular weight is 520 g/mol. The van der Waals surface area contributed by atoms with Crippen molar-refractivity contribution in [2.24, 2.45) is 0 Å². The summed E-state index contributed by atoms with van der Waals surface area (Å²) < 4.78 is 6.92. The predicted octanol–water partition coefficient (Wildman–Crippen LogP) is 4.97. The molecular formula is C32H29N3O4. The fraction of sp³-hybridized carbons (Fsp3) is 0.156. The molecule has 4 aromatic carbocycles. The number of benzene rings is 4. The summed E-state index contributed by atoms with van der Waals surface area (Å²) in [6.07, 6.45) is -0.906. The Bertz CT molecular complexity index is 1600. The summed E-state index contributed by atoms with van der Waals surface area (Å²) in [5, 5.41) is 12.7. The van der Waals surface area contributed by atoms with Crippen LogP contribution in [0.25, 0.3) is 10.9 Å². The SMILES string of the molecule is C[C@@H](Oc1ccccc1)C(=O)Nn1c([C@H](C)C(O)(c2ccccc2)c2ccccc2)nc2ccccc2c1=O. The molecule has 0 fully saturated rings. The number of hydrogen-bond donors (Lipinski definition) is 2. The van der Waals surface area contributed by atoms with Crippen molar-refractivity contribution in [2.75, 3.05) is 5.43 Å². The Morgan fingerprint density at radius 2 is 1.33 bits per heavy atom. The zero-order valence-electron chi connectivity index (χ0n) is 21.7. The van der Waals surface area contributed by atoms with Gasteiger partial charge in [0.05, 0.1) is 16.8 Å². The molecule has 0 aliphatic carbocycles. The highest BCUT2D eigenvalue weighted by Gasteiger charge is 2.41. The molecule has 196 valence electrons. The molecule has 0 unspecified atom stereocenters. The lowest BCUT2D eigenvalue weighted by Gasteiger charge is -2.36. The second kappa shape index (κ2) is 10.9. The molecule has 0 radical (unpaired) electrons. The molecule has 39 heavy (non-hydrogen) atoms. The minimum Gasteiger partial charge on any atom is -0.481 e. The van der Waals surface area contributed by atoms with Crippen LogP contribution in [0.3, 0.4) is 0 Å². The van der Waals surface area contributed by atoms with Crippen molar-refractivity contribution in [3.63, 3.8) is 0 Å². The van der Waals surface area contributed by atoms with E-state index in [2.05, 4.69) is 5.43 Å². The number of aromatic nitrogens is 2. The number of fused-ring (bicyclic) bond motifs is 1.